The van der Waals surface area contributed by atoms with Crippen LogP contribution in [0.15, 0.2) is 28.7 Å². The van der Waals surface area contributed by atoms with E-state index in [1.165, 1.54) is 11.8 Å². The molecule has 1 aromatic carbocycles. The second-order valence-electron chi connectivity index (χ2n) is 4.98. The minimum absolute atomic E-state index is 0.000957. The molecule has 0 amide bonds. The third-order valence-corrected chi connectivity index (χ3v) is 3.64. The molecular formula is C14H17BrO3S. The Hall–Kier alpha value is -0.810. The molecule has 1 aromatic rings. The van der Waals surface area contributed by atoms with Crippen LogP contribution in [0.1, 0.15) is 31.1 Å². The molecule has 104 valence electrons. The first kappa shape index (κ1) is 16.2. The molecule has 0 N–H and O–H groups in total. The molecule has 0 heterocycles. The summed E-state index contributed by atoms with van der Waals surface area (Å²) in [7, 11) is 0. The first-order valence-corrected chi connectivity index (χ1v) is 7.81. The standard InChI is InChI=1S/C14H17BrO3S/c1-14(2,3)18-13(17)9-19-8-12(16)10-6-4-5-7-11(10)15/h4-7H,8-9H2,1-3H3. The molecule has 0 atom stereocenters. The first-order valence-electron chi connectivity index (χ1n) is 5.87. The van der Waals surface area contributed by atoms with Gasteiger partial charge in [-0.25, -0.2) is 0 Å². The second kappa shape index (κ2) is 7.10. The van der Waals surface area contributed by atoms with E-state index in [1.54, 1.807) is 6.07 Å². The molecule has 19 heavy (non-hydrogen) atoms. The summed E-state index contributed by atoms with van der Waals surface area (Å²) in [6.07, 6.45) is 0. The fourth-order valence-corrected chi connectivity index (χ4v) is 2.54. The quantitative estimate of drug-likeness (QED) is 0.603. The Morgan fingerprint density at radius 2 is 1.84 bits per heavy atom. The number of Topliss-reactive ketones (excluding diaryl/α,β-unsaturated/α-hetero) is 1. The maximum absolute atomic E-state index is 11.9. The van der Waals surface area contributed by atoms with Crippen LogP contribution >= 0.6 is 27.7 Å². The van der Waals surface area contributed by atoms with Crippen LogP contribution in [0.3, 0.4) is 0 Å². The molecule has 5 heteroatoms. The summed E-state index contributed by atoms with van der Waals surface area (Å²) in [6.45, 7) is 5.46. The summed E-state index contributed by atoms with van der Waals surface area (Å²) >= 11 is 4.60. The maximum Gasteiger partial charge on any atom is 0.316 e. The molecule has 0 fully saturated rings. The number of carbonyl (C=O) groups excluding carboxylic acids is 2. The number of carbonyl (C=O) groups is 2. The second-order valence-corrected chi connectivity index (χ2v) is 6.82. The van der Waals surface area contributed by atoms with Crippen molar-refractivity contribution < 1.29 is 14.3 Å². The summed E-state index contributed by atoms with van der Waals surface area (Å²) in [6, 6.07) is 7.26. The molecule has 0 aromatic heterocycles. The molecule has 0 radical (unpaired) electrons. The van der Waals surface area contributed by atoms with Crippen molar-refractivity contribution in [3.05, 3.63) is 34.3 Å². The van der Waals surface area contributed by atoms with E-state index >= 15 is 0 Å². The molecule has 1 rings (SSSR count). The SMILES string of the molecule is CC(C)(C)OC(=O)CSCC(=O)c1ccccc1Br. The van der Waals surface area contributed by atoms with E-state index in [-0.39, 0.29) is 23.3 Å². The Kier molecular flexibility index (Phi) is 6.07. The molecule has 0 spiro atoms. The Bertz CT molecular complexity index is 466. The van der Waals surface area contributed by atoms with Crippen LogP contribution in [0, 0.1) is 0 Å². The van der Waals surface area contributed by atoms with E-state index in [4.69, 9.17) is 4.74 Å². The maximum atomic E-state index is 11.9. The van der Waals surface area contributed by atoms with Crippen molar-refractivity contribution in [2.75, 3.05) is 11.5 Å². The lowest BCUT2D eigenvalue weighted by molar-refractivity contribution is -0.151. The molecule has 0 saturated heterocycles. The van der Waals surface area contributed by atoms with Gasteiger partial charge in [0.1, 0.15) is 5.60 Å². The average molecular weight is 345 g/mol. The lowest BCUT2D eigenvalue weighted by Gasteiger charge is -2.19. The van der Waals surface area contributed by atoms with Gasteiger partial charge in [0, 0.05) is 10.0 Å². The monoisotopic (exact) mass is 344 g/mol. The molecule has 0 aliphatic carbocycles. The molecular weight excluding hydrogens is 328 g/mol. The zero-order valence-corrected chi connectivity index (χ0v) is 13.6. The van der Waals surface area contributed by atoms with Gasteiger partial charge in [0.05, 0.1) is 11.5 Å². The largest absolute Gasteiger partial charge is 0.459 e. The van der Waals surface area contributed by atoms with E-state index in [2.05, 4.69) is 15.9 Å². The van der Waals surface area contributed by atoms with Crippen molar-refractivity contribution in [3.8, 4) is 0 Å². The summed E-state index contributed by atoms with van der Waals surface area (Å²) in [5.74, 6) is 0.161. The van der Waals surface area contributed by atoms with Gasteiger partial charge in [-0.05, 0) is 26.8 Å². The average Bonchev–Trinajstić information content (AvgIpc) is 2.26. The number of hydrogen-bond donors (Lipinski definition) is 0. The summed E-state index contributed by atoms with van der Waals surface area (Å²) in [4.78, 5) is 23.4. The number of ether oxygens (including phenoxy) is 1. The van der Waals surface area contributed by atoms with Gasteiger partial charge < -0.3 is 4.74 Å². The smallest absolute Gasteiger partial charge is 0.316 e. The summed E-state index contributed by atoms with van der Waals surface area (Å²) in [5, 5.41) is 0. The van der Waals surface area contributed by atoms with Crippen LogP contribution in [0.25, 0.3) is 0 Å². The molecule has 0 aliphatic heterocycles. The Labute approximate surface area is 126 Å². The van der Waals surface area contributed by atoms with Gasteiger partial charge in [-0.1, -0.05) is 34.1 Å². The Morgan fingerprint density at radius 3 is 2.42 bits per heavy atom. The zero-order valence-electron chi connectivity index (χ0n) is 11.2. The lowest BCUT2D eigenvalue weighted by atomic mass is 10.1. The van der Waals surface area contributed by atoms with E-state index in [1.807, 2.05) is 39.0 Å². The van der Waals surface area contributed by atoms with Crippen molar-refractivity contribution >= 4 is 39.4 Å². The number of halogens is 1. The minimum atomic E-state index is -0.482. The van der Waals surface area contributed by atoms with Crippen LogP contribution in [0.4, 0.5) is 0 Å². The van der Waals surface area contributed by atoms with Gasteiger partial charge in [0.15, 0.2) is 5.78 Å². The van der Waals surface area contributed by atoms with Gasteiger partial charge in [0.25, 0.3) is 0 Å². The van der Waals surface area contributed by atoms with E-state index < -0.39 is 5.60 Å². The molecule has 0 aliphatic rings. The highest BCUT2D eigenvalue weighted by Crippen LogP contribution is 2.18. The number of thioether (sulfide) groups is 1. The first-order chi connectivity index (χ1) is 8.79. The molecule has 0 bridgehead atoms. The topological polar surface area (TPSA) is 43.4 Å². The van der Waals surface area contributed by atoms with Gasteiger partial charge >= 0.3 is 5.97 Å². The van der Waals surface area contributed by atoms with Crippen LogP contribution in [-0.4, -0.2) is 28.9 Å². The van der Waals surface area contributed by atoms with Crippen molar-refractivity contribution in [2.24, 2.45) is 0 Å². The zero-order chi connectivity index (χ0) is 14.5. The van der Waals surface area contributed by atoms with Gasteiger partial charge in [-0.15, -0.1) is 11.8 Å². The van der Waals surface area contributed by atoms with Crippen LogP contribution in [0.5, 0.6) is 0 Å². The highest BCUT2D eigenvalue weighted by atomic mass is 79.9. The third kappa shape index (κ3) is 6.25. The van der Waals surface area contributed by atoms with E-state index in [9.17, 15) is 9.59 Å². The predicted octanol–water partition coefficient (Wildman–Crippen LogP) is 3.71. The number of esters is 1. The van der Waals surface area contributed by atoms with Gasteiger partial charge in [-0.3, -0.25) is 9.59 Å². The van der Waals surface area contributed by atoms with Crippen molar-refractivity contribution in [3.63, 3.8) is 0 Å². The van der Waals surface area contributed by atoms with Gasteiger partial charge in [0.2, 0.25) is 0 Å². The lowest BCUT2D eigenvalue weighted by Crippen LogP contribution is -2.25. The Balaban J connectivity index is 2.40. The fourth-order valence-electron chi connectivity index (χ4n) is 1.36. The van der Waals surface area contributed by atoms with Crippen molar-refractivity contribution in [1.29, 1.82) is 0 Å². The third-order valence-electron chi connectivity index (χ3n) is 2.05. The van der Waals surface area contributed by atoms with Crippen LogP contribution in [0.2, 0.25) is 0 Å². The predicted molar refractivity (Wildman–Crippen MR) is 81.6 cm³/mol. The summed E-state index contributed by atoms with van der Waals surface area (Å²) < 4.78 is 5.94. The van der Waals surface area contributed by atoms with Crippen molar-refractivity contribution in [2.45, 2.75) is 26.4 Å². The Morgan fingerprint density at radius 1 is 1.21 bits per heavy atom. The normalized spacial score (nSPS) is 11.2. The highest BCUT2D eigenvalue weighted by molar-refractivity contribution is 9.10. The number of rotatable bonds is 5. The van der Waals surface area contributed by atoms with E-state index in [0.29, 0.717) is 5.56 Å². The minimum Gasteiger partial charge on any atom is -0.459 e. The molecule has 3 nitrogen and oxygen atoms in total. The molecule has 0 saturated carbocycles. The van der Waals surface area contributed by atoms with E-state index in [0.717, 1.165) is 4.47 Å². The van der Waals surface area contributed by atoms with Crippen LogP contribution < -0.4 is 0 Å². The number of ketones is 1. The van der Waals surface area contributed by atoms with Gasteiger partial charge in [-0.2, -0.15) is 0 Å². The summed E-state index contributed by atoms with van der Waals surface area (Å²) in [5.41, 5.74) is 0.156. The van der Waals surface area contributed by atoms with Crippen LogP contribution in [-0.2, 0) is 9.53 Å². The number of benzene rings is 1. The fraction of sp³-hybridized carbons (Fsp3) is 0.429. The number of hydrogen-bond acceptors (Lipinski definition) is 4. The van der Waals surface area contributed by atoms with Crippen molar-refractivity contribution in [1.82, 2.24) is 0 Å². The molecule has 0 unspecified atom stereocenters. The highest BCUT2D eigenvalue weighted by Gasteiger charge is 2.17.